The van der Waals surface area contributed by atoms with Crippen LogP contribution in [0.2, 0.25) is 0 Å². The number of anilines is 1. The molecule has 1 fully saturated rings. The van der Waals surface area contributed by atoms with Crippen LogP contribution in [0.25, 0.3) is 0 Å². The van der Waals surface area contributed by atoms with Crippen molar-refractivity contribution < 1.29 is 18.0 Å². The molecule has 0 bridgehead atoms. The van der Waals surface area contributed by atoms with Gasteiger partial charge in [-0.25, -0.2) is 8.42 Å². The first kappa shape index (κ1) is 22.4. The van der Waals surface area contributed by atoms with Gasteiger partial charge in [-0.2, -0.15) is 0 Å². The van der Waals surface area contributed by atoms with Crippen LogP contribution in [0.3, 0.4) is 0 Å². The summed E-state index contributed by atoms with van der Waals surface area (Å²) in [6, 6.07) is 6.94. The van der Waals surface area contributed by atoms with Crippen LogP contribution in [0.5, 0.6) is 0 Å². The number of nitrogens with one attached hydrogen (secondary N) is 1. The largest absolute Gasteiger partial charge is 0.329 e. The minimum Gasteiger partial charge on any atom is -0.329 e. The van der Waals surface area contributed by atoms with Crippen molar-refractivity contribution in [2.75, 3.05) is 44.0 Å². The smallest absolute Gasteiger partial charge is 0.313 e. The zero-order valence-corrected chi connectivity index (χ0v) is 18.2. The summed E-state index contributed by atoms with van der Waals surface area (Å²) in [5, 5.41) is 2.64. The molecule has 1 atom stereocenters. The number of benzene rings is 1. The quantitative estimate of drug-likeness (QED) is 0.745. The lowest BCUT2D eigenvalue weighted by molar-refractivity contribution is -0.144. The fourth-order valence-electron chi connectivity index (χ4n) is 3.15. The Kier molecular flexibility index (Phi) is 6.88. The van der Waals surface area contributed by atoms with Crippen molar-refractivity contribution in [3.8, 4) is 0 Å². The van der Waals surface area contributed by atoms with Gasteiger partial charge in [-0.3, -0.25) is 9.59 Å². The van der Waals surface area contributed by atoms with E-state index in [9.17, 15) is 18.0 Å². The summed E-state index contributed by atoms with van der Waals surface area (Å²) >= 11 is 0. The standard InChI is InChI=1S/C20H31N3O4S/c1-20(2,3)15-6-8-16(9-7-15)21-18(24)19(25)23(12-11-22(4)5)17-10-13-28(26,27)14-17/h6-9,17H,10-14H2,1-5H3,(H,21,24). The van der Waals surface area contributed by atoms with E-state index < -0.39 is 27.7 Å². The van der Waals surface area contributed by atoms with E-state index >= 15 is 0 Å². The van der Waals surface area contributed by atoms with E-state index in [0.717, 1.165) is 5.56 Å². The van der Waals surface area contributed by atoms with Crippen molar-refractivity contribution in [1.29, 1.82) is 0 Å². The summed E-state index contributed by atoms with van der Waals surface area (Å²) in [5.74, 6) is -1.46. The minimum atomic E-state index is -3.16. The van der Waals surface area contributed by atoms with Crippen LogP contribution in [0.4, 0.5) is 5.69 Å². The van der Waals surface area contributed by atoms with Crippen LogP contribution in [-0.4, -0.2) is 74.8 Å². The van der Waals surface area contributed by atoms with E-state index in [1.165, 1.54) is 4.90 Å². The third kappa shape index (κ3) is 6.04. The summed E-state index contributed by atoms with van der Waals surface area (Å²) in [7, 11) is 0.577. The fourth-order valence-corrected chi connectivity index (χ4v) is 4.88. The molecule has 0 spiro atoms. The van der Waals surface area contributed by atoms with Gasteiger partial charge in [-0.05, 0) is 43.6 Å². The molecule has 156 valence electrons. The van der Waals surface area contributed by atoms with Gasteiger partial charge in [0, 0.05) is 24.8 Å². The molecule has 1 aliphatic heterocycles. The van der Waals surface area contributed by atoms with E-state index in [2.05, 4.69) is 26.1 Å². The first-order chi connectivity index (χ1) is 12.9. The normalized spacial score (nSPS) is 18.9. The van der Waals surface area contributed by atoms with Crippen molar-refractivity contribution in [2.24, 2.45) is 0 Å². The molecule has 1 heterocycles. The van der Waals surface area contributed by atoms with Crippen molar-refractivity contribution >= 4 is 27.3 Å². The molecule has 1 saturated heterocycles. The highest BCUT2D eigenvalue weighted by Gasteiger charge is 2.36. The number of rotatable bonds is 5. The summed E-state index contributed by atoms with van der Waals surface area (Å²) in [6.45, 7) is 7.16. The van der Waals surface area contributed by atoms with Crippen LogP contribution in [0.15, 0.2) is 24.3 Å². The Morgan fingerprint density at radius 2 is 1.71 bits per heavy atom. The SMILES string of the molecule is CN(C)CCN(C(=O)C(=O)Nc1ccc(C(C)(C)C)cc1)C1CCS(=O)(=O)C1. The zero-order chi connectivity index (χ0) is 21.1. The van der Waals surface area contributed by atoms with Gasteiger partial charge in [-0.1, -0.05) is 32.9 Å². The Hall–Kier alpha value is -1.93. The van der Waals surface area contributed by atoms with E-state index in [-0.39, 0.29) is 16.9 Å². The maximum absolute atomic E-state index is 12.8. The topological polar surface area (TPSA) is 86.8 Å². The van der Waals surface area contributed by atoms with E-state index in [0.29, 0.717) is 25.2 Å². The first-order valence-electron chi connectivity index (χ1n) is 9.47. The van der Waals surface area contributed by atoms with Gasteiger partial charge in [0.15, 0.2) is 9.84 Å². The van der Waals surface area contributed by atoms with E-state index in [4.69, 9.17) is 0 Å². The van der Waals surface area contributed by atoms with Gasteiger partial charge in [0.1, 0.15) is 0 Å². The summed E-state index contributed by atoms with van der Waals surface area (Å²) in [5.41, 5.74) is 1.66. The second kappa shape index (κ2) is 8.61. The average Bonchev–Trinajstić information content (AvgIpc) is 2.94. The Morgan fingerprint density at radius 3 is 2.18 bits per heavy atom. The van der Waals surface area contributed by atoms with Crippen LogP contribution in [-0.2, 0) is 24.8 Å². The third-order valence-electron chi connectivity index (χ3n) is 4.90. The summed E-state index contributed by atoms with van der Waals surface area (Å²) < 4.78 is 23.7. The Balaban J connectivity index is 2.10. The van der Waals surface area contributed by atoms with Gasteiger partial charge in [0.05, 0.1) is 11.5 Å². The van der Waals surface area contributed by atoms with E-state index in [1.807, 2.05) is 31.1 Å². The molecule has 28 heavy (non-hydrogen) atoms. The van der Waals surface area contributed by atoms with Crippen LogP contribution >= 0.6 is 0 Å². The maximum Gasteiger partial charge on any atom is 0.313 e. The predicted octanol–water partition coefficient (Wildman–Crippen LogP) is 1.50. The highest BCUT2D eigenvalue weighted by atomic mass is 32.2. The molecule has 0 aromatic heterocycles. The number of nitrogens with zero attached hydrogens (tertiary/aromatic N) is 2. The van der Waals surface area contributed by atoms with E-state index in [1.54, 1.807) is 12.1 Å². The third-order valence-corrected chi connectivity index (χ3v) is 6.65. The number of carbonyl (C=O) groups is 2. The molecule has 1 unspecified atom stereocenters. The summed E-state index contributed by atoms with van der Waals surface area (Å²) in [6.07, 6.45) is 0.370. The molecule has 8 heteroatoms. The molecule has 1 aromatic rings. The van der Waals surface area contributed by atoms with Crippen molar-refractivity contribution in [1.82, 2.24) is 9.80 Å². The molecule has 2 amide bonds. The number of amides is 2. The van der Waals surface area contributed by atoms with Crippen molar-refractivity contribution in [2.45, 2.75) is 38.6 Å². The molecule has 7 nitrogen and oxygen atoms in total. The second-order valence-electron chi connectivity index (χ2n) is 8.64. The first-order valence-corrected chi connectivity index (χ1v) is 11.3. The zero-order valence-electron chi connectivity index (χ0n) is 17.4. The lowest BCUT2D eigenvalue weighted by Gasteiger charge is -2.29. The summed E-state index contributed by atoms with van der Waals surface area (Å²) in [4.78, 5) is 28.6. The highest BCUT2D eigenvalue weighted by Crippen LogP contribution is 2.24. The van der Waals surface area contributed by atoms with Crippen LogP contribution in [0, 0.1) is 0 Å². The molecule has 1 aliphatic rings. The van der Waals surface area contributed by atoms with Crippen molar-refractivity contribution in [3.05, 3.63) is 29.8 Å². The van der Waals surface area contributed by atoms with Gasteiger partial charge in [0.25, 0.3) is 0 Å². The lowest BCUT2D eigenvalue weighted by Crippen LogP contribution is -2.48. The maximum atomic E-state index is 12.8. The van der Waals surface area contributed by atoms with Crippen molar-refractivity contribution in [3.63, 3.8) is 0 Å². The molecule has 2 rings (SSSR count). The van der Waals surface area contributed by atoms with Gasteiger partial charge in [0.2, 0.25) is 0 Å². The van der Waals surface area contributed by atoms with Gasteiger partial charge in [-0.15, -0.1) is 0 Å². The molecule has 0 radical (unpaired) electrons. The number of carbonyl (C=O) groups excluding carboxylic acids is 2. The average molecular weight is 410 g/mol. The molecular weight excluding hydrogens is 378 g/mol. The number of hydrogen-bond donors (Lipinski definition) is 1. The predicted molar refractivity (Wildman–Crippen MR) is 111 cm³/mol. The van der Waals surface area contributed by atoms with Gasteiger partial charge < -0.3 is 15.1 Å². The Labute approximate surface area is 168 Å². The number of hydrogen-bond acceptors (Lipinski definition) is 5. The number of likely N-dealkylation sites (N-methyl/N-ethyl adjacent to an activating group) is 1. The van der Waals surface area contributed by atoms with Crippen LogP contribution in [0.1, 0.15) is 32.8 Å². The highest BCUT2D eigenvalue weighted by molar-refractivity contribution is 7.91. The molecule has 1 aromatic carbocycles. The monoisotopic (exact) mass is 409 g/mol. The van der Waals surface area contributed by atoms with Gasteiger partial charge >= 0.3 is 11.8 Å². The second-order valence-corrected chi connectivity index (χ2v) is 10.9. The van der Waals surface area contributed by atoms with Crippen LogP contribution < -0.4 is 5.32 Å². The molecule has 0 saturated carbocycles. The molecule has 1 N–H and O–H groups in total. The lowest BCUT2D eigenvalue weighted by atomic mass is 9.87. The Morgan fingerprint density at radius 1 is 1.11 bits per heavy atom. The molecular formula is C20H31N3O4S. The minimum absolute atomic E-state index is 0.00466. The number of sulfone groups is 1. The molecule has 0 aliphatic carbocycles. The fraction of sp³-hybridized carbons (Fsp3) is 0.600. The Bertz CT molecular complexity index is 811.